The Morgan fingerprint density at radius 3 is 2.30 bits per heavy atom. The van der Waals surface area contributed by atoms with Gasteiger partial charge >= 0.3 is 0 Å². The fourth-order valence-electron chi connectivity index (χ4n) is 3.50. The molecule has 7 nitrogen and oxygen atoms in total. The first-order valence-electron chi connectivity index (χ1n) is 10.7. The standard InChI is InChI=1S/C23H38N4O3/c1-23(2,3)24-21(28)16-26(6)17-22(29)27(15-20-8-7-13-30-20)14-18-9-11-19(12-10-18)25(4)5/h9-12,20H,7-8,13-17H2,1-6H3,(H,24,28)/t20-/m0/s1. The molecule has 1 N–H and O–H groups in total. The average molecular weight is 419 g/mol. The molecular formula is C23H38N4O3. The van der Waals surface area contributed by atoms with Gasteiger partial charge in [-0.15, -0.1) is 0 Å². The summed E-state index contributed by atoms with van der Waals surface area (Å²) in [5.74, 6) is -0.0732. The Labute approximate surface area is 181 Å². The molecule has 0 unspecified atom stereocenters. The minimum Gasteiger partial charge on any atom is -0.378 e. The zero-order chi connectivity index (χ0) is 22.3. The highest BCUT2D eigenvalue weighted by Gasteiger charge is 2.24. The zero-order valence-electron chi connectivity index (χ0n) is 19.4. The van der Waals surface area contributed by atoms with Crippen LogP contribution in [0.1, 0.15) is 39.2 Å². The molecule has 1 aliphatic heterocycles. The van der Waals surface area contributed by atoms with E-state index in [2.05, 4.69) is 34.5 Å². The van der Waals surface area contributed by atoms with Crippen LogP contribution in [0.3, 0.4) is 0 Å². The van der Waals surface area contributed by atoms with Gasteiger partial charge in [-0.3, -0.25) is 14.5 Å². The number of nitrogens with zero attached hydrogens (tertiary/aromatic N) is 3. The van der Waals surface area contributed by atoms with Gasteiger partial charge in [-0.05, 0) is 58.4 Å². The van der Waals surface area contributed by atoms with Gasteiger partial charge in [-0.1, -0.05) is 12.1 Å². The lowest BCUT2D eigenvalue weighted by molar-refractivity contribution is -0.135. The second-order valence-corrected chi connectivity index (χ2v) is 9.44. The third-order valence-corrected chi connectivity index (χ3v) is 4.96. The quantitative estimate of drug-likeness (QED) is 0.665. The molecule has 2 rings (SSSR count). The molecule has 1 aromatic rings. The summed E-state index contributed by atoms with van der Waals surface area (Å²) in [6, 6.07) is 8.25. The van der Waals surface area contributed by atoms with E-state index in [-0.39, 0.29) is 36.5 Å². The van der Waals surface area contributed by atoms with E-state index in [0.717, 1.165) is 30.7 Å². The molecule has 30 heavy (non-hydrogen) atoms. The third kappa shape index (κ3) is 8.32. The fraction of sp³-hybridized carbons (Fsp3) is 0.652. The molecule has 7 heteroatoms. The maximum absolute atomic E-state index is 13.1. The molecule has 2 amide bonds. The highest BCUT2D eigenvalue weighted by molar-refractivity contribution is 5.81. The first-order valence-corrected chi connectivity index (χ1v) is 10.7. The normalized spacial score (nSPS) is 16.6. The molecule has 1 saturated heterocycles. The second kappa shape index (κ2) is 10.8. The first-order chi connectivity index (χ1) is 14.0. The number of hydrogen-bond acceptors (Lipinski definition) is 5. The number of anilines is 1. The van der Waals surface area contributed by atoms with Crippen LogP contribution in [0.4, 0.5) is 5.69 Å². The third-order valence-electron chi connectivity index (χ3n) is 4.96. The summed E-state index contributed by atoms with van der Waals surface area (Å²) in [6.45, 7) is 8.10. The van der Waals surface area contributed by atoms with Gasteiger partial charge in [0.15, 0.2) is 0 Å². The predicted octanol–water partition coefficient (Wildman–Crippen LogP) is 2.11. The van der Waals surface area contributed by atoms with Crippen molar-refractivity contribution >= 4 is 17.5 Å². The molecule has 1 heterocycles. The molecule has 0 aliphatic carbocycles. The highest BCUT2D eigenvalue weighted by Crippen LogP contribution is 2.17. The number of ether oxygens (including phenoxy) is 1. The van der Waals surface area contributed by atoms with E-state index in [1.54, 1.807) is 11.9 Å². The van der Waals surface area contributed by atoms with E-state index >= 15 is 0 Å². The summed E-state index contributed by atoms with van der Waals surface area (Å²) in [5.41, 5.74) is 1.92. The Morgan fingerprint density at radius 1 is 1.10 bits per heavy atom. The van der Waals surface area contributed by atoms with Crippen LogP contribution in [0, 0.1) is 0 Å². The average Bonchev–Trinajstić information content (AvgIpc) is 3.12. The molecule has 1 fully saturated rings. The van der Waals surface area contributed by atoms with E-state index in [9.17, 15) is 9.59 Å². The van der Waals surface area contributed by atoms with Crippen molar-refractivity contribution in [2.24, 2.45) is 0 Å². The summed E-state index contributed by atoms with van der Waals surface area (Å²) < 4.78 is 5.77. The molecule has 0 bridgehead atoms. The summed E-state index contributed by atoms with van der Waals surface area (Å²) in [4.78, 5) is 30.9. The molecule has 0 spiro atoms. The number of carbonyl (C=O) groups excluding carboxylic acids is 2. The number of nitrogens with one attached hydrogen (secondary N) is 1. The summed E-state index contributed by atoms with van der Waals surface area (Å²) in [5, 5.41) is 2.94. The minimum absolute atomic E-state index is 0.00763. The molecule has 0 radical (unpaired) electrons. The number of rotatable bonds is 9. The Bertz CT molecular complexity index is 691. The van der Waals surface area contributed by atoms with Gasteiger partial charge in [0.05, 0.1) is 19.2 Å². The van der Waals surface area contributed by atoms with Crippen molar-refractivity contribution < 1.29 is 14.3 Å². The molecule has 1 aliphatic rings. The van der Waals surface area contributed by atoms with Gasteiger partial charge in [0.1, 0.15) is 0 Å². The maximum Gasteiger partial charge on any atom is 0.237 e. The Hall–Kier alpha value is -2.12. The lowest BCUT2D eigenvalue weighted by atomic mass is 10.1. The van der Waals surface area contributed by atoms with Crippen LogP contribution in [0.5, 0.6) is 0 Å². The van der Waals surface area contributed by atoms with Crippen LogP contribution in [0.25, 0.3) is 0 Å². The fourth-order valence-corrected chi connectivity index (χ4v) is 3.50. The van der Waals surface area contributed by atoms with Crippen molar-refractivity contribution in [3.05, 3.63) is 29.8 Å². The lowest BCUT2D eigenvalue weighted by Crippen LogP contribution is -2.48. The number of likely N-dealkylation sites (N-methyl/N-ethyl adjacent to an activating group) is 1. The number of carbonyl (C=O) groups is 2. The van der Waals surface area contributed by atoms with Crippen LogP contribution >= 0.6 is 0 Å². The SMILES string of the molecule is CN(CC(=O)NC(C)(C)C)CC(=O)N(Cc1ccc(N(C)C)cc1)C[C@@H]1CCCO1. The van der Waals surface area contributed by atoms with E-state index in [0.29, 0.717) is 13.1 Å². The van der Waals surface area contributed by atoms with Gasteiger partial charge in [-0.25, -0.2) is 0 Å². The number of benzene rings is 1. The molecule has 0 aromatic heterocycles. The lowest BCUT2D eigenvalue weighted by Gasteiger charge is -2.28. The molecular weight excluding hydrogens is 380 g/mol. The van der Waals surface area contributed by atoms with Crippen molar-refractivity contribution in [1.82, 2.24) is 15.1 Å². The Morgan fingerprint density at radius 2 is 1.77 bits per heavy atom. The highest BCUT2D eigenvalue weighted by atomic mass is 16.5. The van der Waals surface area contributed by atoms with Crippen LogP contribution < -0.4 is 10.2 Å². The Kier molecular flexibility index (Phi) is 8.67. The van der Waals surface area contributed by atoms with Gasteiger partial charge in [0, 0.05) is 45.0 Å². The first kappa shape index (κ1) is 24.2. The largest absolute Gasteiger partial charge is 0.378 e. The number of hydrogen-bond donors (Lipinski definition) is 1. The van der Waals surface area contributed by atoms with Crippen molar-refractivity contribution in [3.63, 3.8) is 0 Å². The van der Waals surface area contributed by atoms with Crippen molar-refractivity contribution in [2.45, 2.75) is 51.8 Å². The topological polar surface area (TPSA) is 65.1 Å². The van der Waals surface area contributed by atoms with Crippen LogP contribution in [-0.4, -0.2) is 80.6 Å². The number of amides is 2. The second-order valence-electron chi connectivity index (χ2n) is 9.44. The molecule has 168 valence electrons. The van der Waals surface area contributed by atoms with E-state index in [1.165, 1.54) is 0 Å². The smallest absolute Gasteiger partial charge is 0.237 e. The monoisotopic (exact) mass is 418 g/mol. The van der Waals surface area contributed by atoms with Crippen molar-refractivity contribution in [2.75, 3.05) is 52.3 Å². The summed E-state index contributed by atoms with van der Waals surface area (Å²) in [7, 11) is 5.82. The van der Waals surface area contributed by atoms with Crippen molar-refractivity contribution in [1.29, 1.82) is 0 Å². The molecule has 1 atom stereocenters. The predicted molar refractivity (Wildman–Crippen MR) is 121 cm³/mol. The maximum atomic E-state index is 13.1. The van der Waals surface area contributed by atoms with Gasteiger partial charge in [-0.2, -0.15) is 0 Å². The molecule has 1 aromatic carbocycles. The van der Waals surface area contributed by atoms with E-state index in [1.807, 2.05) is 39.8 Å². The zero-order valence-corrected chi connectivity index (χ0v) is 19.4. The van der Waals surface area contributed by atoms with Gasteiger partial charge in [0.25, 0.3) is 0 Å². The summed E-state index contributed by atoms with van der Waals surface area (Å²) in [6.07, 6.45) is 2.11. The summed E-state index contributed by atoms with van der Waals surface area (Å²) >= 11 is 0. The minimum atomic E-state index is -0.285. The van der Waals surface area contributed by atoms with Crippen LogP contribution in [-0.2, 0) is 20.9 Å². The van der Waals surface area contributed by atoms with E-state index < -0.39 is 0 Å². The van der Waals surface area contributed by atoms with Crippen LogP contribution in [0.2, 0.25) is 0 Å². The van der Waals surface area contributed by atoms with Gasteiger partial charge < -0.3 is 19.9 Å². The van der Waals surface area contributed by atoms with E-state index in [4.69, 9.17) is 4.74 Å². The van der Waals surface area contributed by atoms with Crippen molar-refractivity contribution in [3.8, 4) is 0 Å². The Balaban J connectivity index is 2.00. The molecule has 0 saturated carbocycles. The van der Waals surface area contributed by atoms with Crippen LogP contribution in [0.15, 0.2) is 24.3 Å². The van der Waals surface area contributed by atoms with Gasteiger partial charge in [0.2, 0.25) is 11.8 Å².